The molecule has 1 atom stereocenters. The minimum Gasteiger partial charge on any atom is -0.480 e. The predicted octanol–water partition coefficient (Wildman–Crippen LogP) is 1.28. The van der Waals surface area contributed by atoms with Gasteiger partial charge in [0.2, 0.25) is 5.91 Å². The molecule has 1 saturated carbocycles. The topological polar surface area (TPSA) is 78.4 Å². The maximum atomic E-state index is 12.6. The Kier molecular flexibility index (Phi) is 4.13. The molecular formula is C14H24N2O3. The molecule has 19 heavy (non-hydrogen) atoms. The van der Waals surface area contributed by atoms with Crippen LogP contribution in [-0.2, 0) is 9.59 Å². The van der Waals surface area contributed by atoms with Crippen LogP contribution in [-0.4, -0.2) is 35.6 Å². The Labute approximate surface area is 114 Å². The second-order valence-electron chi connectivity index (χ2n) is 5.96. The molecule has 1 aliphatic heterocycles. The van der Waals surface area contributed by atoms with E-state index < -0.39 is 16.9 Å². The van der Waals surface area contributed by atoms with E-state index in [4.69, 9.17) is 0 Å². The first-order valence-corrected chi connectivity index (χ1v) is 7.31. The smallest absolute Gasteiger partial charge is 0.329 e. The number of carboxylic acid groups (broad SMARTS) is 1. The summed E-state index contributed by atoms with van der Waals surface area (Å²) < 4.78 is 0. The molecule has 1 saturated heterocycles. The van der Waals surface area contributed by atoms with Crippen molar-refractivity contribution in [2.45, 2.75) is 57.4 Å². The number of amides is 1. The number of carboxylic acids is 1. The lowest BCUT2D eigenvalue weighted by atomic mass is 9.78. The summed E-state index contributed by atoms with van der Waals surface area (Å²) in [7, 11) is 0. The number of hydrogen-bond acceptors (Lipinski definition) is 3. The lowest BCUT2D eigenvalue weighted by Gasteiger charge is -2.37. The van der Waals surface area contributed by atoms with Crippen LogP contribution in [0.25, 0.3) is 0 Å². The van der Waals surface area contributed by atoms with E-state index in [1.165, 1.54) is 0 Å². The third-order valence-electron chi connectivity index (χ3n) is 4.87. The van der Waals surface area contributed by atoms with E-state index in [0.717, 1.165) is 38.6 Å². The van der Waals surface area contributed by atoms with E-state index in [1.54, 1.807) is 0 Å². The van der Waals surface area contributed by atoms with Crippen LogP contribution in [0.15, 0.2) is 0 Å². The molecule has 2 fully saturated rings. The van der Waals surface area contributed by atoms with Crippen LogP contribution in [0.1, 0.15) is 51.9 Å². The van der Waals surface area contributed by atoms with Crippen LogP contribution < -0.4 is 10.6 Å². The number of carbonyl (C=O) groups excluding carboxylic acids is 1. The number of aliphatic carboxylic acids is 1. The Morgan fingerprint density at radius 3 is 2.37 bits per heavy atom. The van der Waals surface area contributed by atoms with Gasteiger partial charge in [0.05, 0.1) is 5.41 Å². The van der Waals surface area contributed by atoms with Crippen molar-refractivity contribution in [1.82, 2.24) is 10.6 Å². The van der Waals surface area contributed by atoms with Crippen LogP contribution >= 0.6 is 0 Å². The molecule has 0 aromatic carbocycles. The fourth-order valence-electron chi connectivity index (χ4n) is 3.30. The molecule has 5 heteroatoms. The molecule has 0 aromatic rings. The number of nitrogens with one attached hydrogen (secondary N) is 2. The minimum absolute atomic E-state index is 0.0794. The molecule has 3 N–H and O–H groups in total. The summed E-state index contributed by atoms with van der Waals surface area (Å²) >= 11 is 0. The summed E-state index contributed by atoms with van der Waals surface area (Å²) in [5.74, 6) is -0.956. The Morgan fingerprint density at radius 1 is 1.21 bits per heavy atom. The molecule has 1 amide bonds. The van der Waals surface area contributed by atoms with E-state index >= 15 is 0 Å². The first-order valence-electron chi connectivity index (χ1n) is 7.31. The summed E-state index contributed by atoms with van der Waals surface area (Å²) in [6.07, 6.45) is 5.48. The highest BCUT2D eigenvalue weighted by Crippen LogP contribution is 2.33. The van der Waals surface area contributed by atoms with E-state index in [-0.39, 0.29) is 5.91 Å². The third-order valence-corrected chi connectivity index (χ3v) is 4.87. The van der Waals surface area contributed by atoms with Gasteiger partial charge in [-0.25, -0.2) is 4.79 Å². The first-order chi connectivity index (χ1) is 9.05. The Hall–Kier alpha value is -1.10. The van der Waals surface area contributed by atoms with Crippen molar-refractivity contribution < 1.29 is 14.7 Å². The summed E-state index contributed by atoms with van der Waals surface area (Å²) in [5.41, 5.74) is -1.44. The fraction of sp³-hybridized carbons (Fsp3) is 0.857. The highest BCUT2D eigenvalue weighted by molar-refractivity contribution is 5.90. The zero-order chi connectivity index (χ0) is 13.9. The van der Waals surface area contributed by atoms with Crippen LogP contribution in [0.3, 0.4) is 0 Å². The molecule has 5 nitrogen and oxygen atoms in total. The van der Waals surface area contributed by atoms with Crippen molar-refractivity contribution in [3.8, 4) is 0 Å². The summed E-state index contributed by atoms with van der Waals surface area (Å²) in [6.45, 7) is 3.49. The van der Waals surface area contributed by atoms with E-state index in [9.17, 15) is 14.7 Å². The Morgan fingerprint density at radius 2 is 1.89 bits per heavy atom. The van der Waals surface area contributed by atoms with Crippen molar-refractivity contribution in [3.05, 3.63) is 0 Å². The summed E-state index contributed by atoms with van der Waals surface area (Å²) in [5, 5.41) is 15.6. The molecular weight excluding hydrogens is 244 g/mol. The molecule has 0 aromatic heterocycles. The van der Waals surface area contributed by atoms with Crippen LogP contribution in [0.4, 0.5) is 0 Å². The highest BCUT2D eigenvalue weighted by atomic mass is 16.4. The standard InChI is InChI=1S/C14H24N2O3/c1-2-13(8-9-15-10-13)11(17)16-14(12(18)19)6-4-3-5-7-14/h15H,2-10H2,1H3,(H,16,17)(H,18,19). The van der Waals surface area contributed by atoms with Gasteiger partial charge in [-0.05, 0) is 32.2 Å². The van der Waals surface area contributed by atoms with Crippen molar-refractivity contribution in [2.24, 2.45) is 5.41 Å². The average molecular weight is 268 g/mol. The molecule has 0 bridgehead atoms. The van der Waals surface area contributed by atoms with Gasteiger partial charge in [-0.2, -0.15) is 0 Å². The maximum absolute atomic E-state index is 12.6. The van der Waals surface area contributed by atoms with Gasteiger partial charge in [-0.3, -0.25) is 4.79 Å². The van der Waals surface area contributed by atoms with Gasteiger partial charge in [0.1, 0.15) is 5.54 Å². The van der Waals surface area contributed by atoms with Gasteiger partial charge < -0.3 is 15.7 Å². The molecule has 1 aliphatic carbocycles. The van der Waals surface area contributed by atoms with Crippen molar-refractivity contribution in [3.63, 3.8) is 0 Å². The highest BCUT2D eigenvalue weighted by Gasteiger charge is 2.46. The second kappa shape index (κ2) is 5.49. The molecule has 2 aliphatic rings. The van der Waals surface area contributed by atoms with E-state index in [1.807, 2.05) is 6.92 Å². The molecule has 108 valence electrons. The molecule has 1 unspecified atom stereocenters. The van der Waals surface area contributed by atoms with Crippen LogP contribution in [0, 0.1) is 5.41 Å². The maximum Gasteiger partial charge on any atom is 0.329 e. The van der Waals surface area contributed by atoms with E-state index in [2.05, 4.69) is 10.6 Å². The normalized spacial score (nSPS) is 29.9. The number of carbonyl (C=O) groups is 2. The SMILES string of the molecule is CCC1(C(=O)NC2(C(=O)O)CCCCC2)CCNC1. The molecule has 0 radical (unpaired) electrons. The van der Waals surface area contributed by atoms with Gasteiger partial charge >= 0.3 is 5.97 Å². The van der Waals surface area contributed by atoms with Crippen LogP contribution in [0.5, 0.6) is 0 Å². The average Bonchev–Trinajstić information content (AvgIpc) is 2.89. The lowest BCUT2D eigenvalue weighted by Crippen LogP contribution is -2.59. The van der Waals surface area contributed by atoms with Crippen LogP contribution in [0.2, 0.25) is 0 Å². The second-order valence-corrected chi connectivity index (χ2v) is 5.96. The Bertz CT molecular complexity index is 356. The van der Waals surface area contributed by atoms with Crippen molar-refractivity contribution in [2.75, 3.05) is 13.1 Å². The third kappa shape index (κ3) is 2.61. The van der Waals surface area contributed by atoms with E-state index in [0.29, 0.717) is 19.4 Å². The first kappa shape index (κ1) is 14.3. The summed E-state index contributed by atoms with van der Waals surface area (Å²) in [6, 6.07) is 0. The predicted molar refractivity (Wildman–Crippen MR) is 71.8 cm³/mol. The lowest BCUT2D eigenvalue weighted by molar-refractivity contribution is -0.151. The van der Waals surface area contributed by atoms with Gasteiger partial charge in [-0.1, -0.05) is 26.2 Å². The zero-order valence-electron chi connectivity index (χ0n) is 11.6. The quantitative estimate of drug-likeness (QED) is 0.717. The summed E-state index contributed by atoms with van der Waals surface area (Å²) in [4.78, 5) is 24.2. The monoisotopic (exact) mass is 268 g/mol. The van der Waals surface area contributed by atoms with Gasteiger partial charge in [0.25, 0.3) is 0 Å². The number of rotatable bonds is 4. The molecule has 1 heterocycles. The van der Waals surface area contributed by atoms with Crippen molar-refractivity contribution >= 4 is 11.9 Å². The van der Waals surface area contributed by atoms with Crippen molar-refractivity contribution in [1.29, 1.82) is 0 Å². The Balaban J connectivity index is 2.12. The van der Waals surface area contributed by atoms with Gasteiger partial charge in [-0.15, -0.1) is 0 Å². The molecule has 2 rings (SSSR count). The zero-order valence-corrected chi connectivity index (χ0v) is 11.6. The minimum atomic E-state index is -1.03. The van der Waals surface area contributed by atoms with Gasteiger partial charge in [0.15, 0.2) is 0 Å². The fourth-order valence-corrected chi connectivity index (χ4v) is 3.30. The number of hydrogen-bond donors (Lipinski definition) is 3. The van der Waals surface area contributed by atoms with Gasteiger partial charge in [0, 0.05) is 6.54 Å². The molecule has 0 spiro atoms. The largest absolute Gasteiger partial charge is 0.480 e.